The van der Waals surface area contributed by atoms with Gasteiger partial charge < -0.3 is 19.9 Å². The van der Waals surface area contributed by atoms with Crippen molar-refractivity contribution in [1.29, 1.82) is 0 Å². The Hall–Kier alpha value is -2.38. The van der Waals surface area contributed by atoms with Gasteiger partial charge in [0, 0.05) is 23.3 Å². The Morgan fingerprint density at radius 1 is 1.33 bits per heavy atom. The standard InChI is InChI=1S/C19H23ClN6O/c1-12(2)26-11-21-16-17(22-14-6-3-5-13(20)9-14)23-19(24-18(16)26)25-8-4-7-15(25)10-27/h3,5-6,9,11-12,15,27H,4,7-8,10H2,1-2H3,(H,22,23,24)/t15-/m1/s1. The van der Waals surface area contributed by atoms with Gasteiger partial charge in [0.1, 0.15) is 0 Å². The molecule has 1 saturated heterocycles. The number of nitrogens with zero attached hydrogens (tertiary/aromatic N) is 5. The molecule has 2 N–H and O–H groups in total. The van der Waals surface area contributed by atoms with Crippen molar-refractivity contribution >= 4 is 40.2 Å². The molecule has 27 heavy (non-hydrogen) atoms. The van der Waals surface area contributed by atoms with Crippen LogP contribution >= 0.6 is 11.6 Å². The van der Waals surface area contributed by atoms with Crippen molar-refractivity contribution in [2.45, 2.75) is 38.8 Å². The van der Waals surface area contributed by atoms with Crippen LogP contribution in [0.3, 0.4) is 0 Å². The van der Waals surface area contributed by atoms with E-state index in [1.165, 1.54) is 0 Å². The van der Waals surface area contributed by atoms with Gasteiger partial charge in [-0.05, 0) is 44.9 Å². The fourth-order valence-corrected chi connectivity index (χ4v) is 3.68. The maximum absolute atomic E-state index is 9.70. The maximum atomic E-state index is 9.70. The van der Waals surface area contributed by atoms with Crippen molar-refractivity contribution in [3.8, 4) is 0 Å². The maximum Gasteiger partial charge on any atom is 0.229 e. The van der Waals surface area contributed by atoms with E-state index in [4.69, 9.17) is 21.6 Å². The number of nitrogens with one attached hydrogen (secondary N) is 1. The molecule has 2 aromatic heterocycles. The van der Waals surface area contributed by atoms with Gasteiger partial charge in [0.25, 0.3) is 0 Å². The number of benzene rings is 1. The average Bonchev–Trinajstić information content (AvgIpc) is 3.28. The molecular weight excluding hydrogens is 364 g/mol. The highest BCUT2D eigenvalue weighted by Crippen LogP contribution is 2.30. The Kier molecular flexibility index (Phi) is 4.88. The average molecular weight is 387 g/mol. The highest BCUT2D eigenvalue weighted by molar-refractivity contribution is 6.30. The molecule has 1 aliphatic heterocycles. The number of aromatic nitrogens is 4. The highest BCUT2D eigenvalue weighted by Gasteiger charge is 2.27. The van der Waals surface area contributed by atoms with Gasteiger partial charge in [0.2, 0.25) is 5.95 Å². The Bertz CT molecular complexity index is 957. The number of rotatable bonds is 5. The first-order chi connectivity index (χ1) is 13.1. The number of anilines is 3. The van der Waals surface area contributed by atoms with Gasteiger partial charge in [-0.25, -0.2) is 4.98 Å². The Balaban J connectivity index is 1.83. The third-order valence-corrected chi connectivity index (χ3v) is 5.13. The van der Waals surface area contributed by atoms with E-state index < -0.39 is 0 Å². The minimum Gasteiger partial charge on any atom is -0.394 e. The lowest BCUT2D eigenvalue weighted by Crippen LogP contribution is -2.33. The Labute approximate surface area is 163 Å². The van der Waals surface area contributed by atoms with E-state index in [9.17, 15) is 5.11 Å². The van der Waals surface area contributed by atoms with Crippen molar-refractivity contribution in [1.82, 2.24) is 19.5 Å². The first kappa shape index (κ1) is 18.0. The number of halogens is 1. The summed E-state index contributed by atoms with van der Waals surface area (Å²) in [5.74, 6) is 1.26. The predicted octanol–water partition coefficient (Wildman–Crippen LogP) is 3.77. The van der Waals surface area contributed by atoms with Crippen LogP contribution in [0.4, 0.5) is 17.5 Å². The van der Waals surface area contributed by atoms with Crippen molar-refractivity contribution in [3.05, 3.63) is 35.6 Å². The van der Waals surface area contributed by atoms with Crippen LogP contribution in [0.1, 0.15) is 32.7 Å². The summed E-state index contributed by atoms with van der Waals surface area (Å²) >= 11 is 6.12. The molecule has 1 aliphatic rings. The van der Waals surface area contributed by atoms with Crippen LogP contribution in [0, 0.1) is 0 Å². The minimum absolute atomic E-state index is 0.0527. The first-order valence-corrected chi connectivity index (χ1v) is 9.59. The molecule has 0 radical (unpaired) electrons. The van der Waals surface area contributed by atoms with Crippen molar-refractivity contribution < 1.29 is 5.11 Å². The van der Waals surface area contributed by atoms with E-state index in [0.29, 0.717) is 22.3 Å². The lowest BCUT2D eigenvalue weighted by Gasteiger charge is -2.23. The summed E-state index contributed by atoms with van der Waals surface area (Å²) in [7, 11) is 0. The minimum atomic E-state index is 0.0527. The summed E-state index contributed by atoms with van der Waals surface area (Å²) in [6, 6.07) is 7.78. The number of hydrogen-bond donors (Lipinski definition) is 2. The summed E-state index contributed by atoms with van der Waals surface area (Å²) in [6.07, 6.45) is 3.76. The SMILES string of the molecule is CC(C)n1cnc2c(Nc3cccc(Cl)c3)nc(N3CCC[C@@H]3CO)nc21. The number of aliphatic hydroxyl groups excluding tert-OH is 1. The predicted molar refractivity (Wildman–Crippen MR) is 108 cm³/mol. The van der Waals surface area contributed by atoms with Gasteiger partial charge in [0.15, 0.2) is 17.0 Å². The number of imidazole rings is 1. The second kappa shape index (κ2) is 7.32. The molecule has 0 saturated carbocycles. The molecule has 8 heteroatoms. The van der Waals surface area contributed by atoms with E-state index in [2.05, 4.69) is 29.0 Å². The summed E-state index contributed by atoms with van der Waals surface area (Å²) in [4.78, 5) is 16.2. The van der Waals surface area contributed by atoms with Gasteiger partial charge in [-0.15, -0.1) is 0 Å². The molecule has 7 nitrogen and oxygen atoms in total. The molecular formula is C19H23ClN6O. The summed E-state index contributed by atoms with van der Waals surface area (Å²) in [5, 5.41) is 13.7. The van der Waals surface area contributed by atoms with E-state index in [-0.39, 0.29) is 18.7 Å². The van der Waals surface area contributed by atoms with Crippen LogP contribution in [0.5, 0.6) is 0 Å². The fourth-order valence-electron chi connectivity index (χ4n) is 3.49. The Morgan fingerprint density at radius 2 is 2.19 bits per heavy atom. The topological polar surface area (TPSA) is 79.1 Å². The molecule has 4 rings (SSSR count). The first-order valence-electron chi connectivity index (χ1n) is 9.21. The molecule has 0 unspecified atom stereocenters. The summed E-state index contributed by atoms with van der Waals surface area (Å²) in [5.41, 5.74) is 2.34. The third kappa shape index (κ3) is 3.44. The monoisotopic (exact) mass is 386 g/mol. The number of aliphatic hydroxyl groups is 1. The molecule has 0 bridgehead atoms. The third-order valence-electron chi connectivity index (χ3n) is 4.90. The van der Waals surface area contributed by atoms with Crippen LogP contribution in [0.15, 0.2) is 30.6 Å². The molecule has 3 aromatic rings. The zero-order valence-electron chi connectivity index (χ0n) is 15.4. The Morgan fingerprint density at radius 3 is 2.93 bits per heavy atom. The number of fused-ring (bicyclic) bond motifs is 1. The van der Waals surface area contributed by atoms with Gasteiger partial charge in [0.05, 0.1) is 19.0 Å². The second-order valence-corrected chi connectivity index (χ2v) is 7.53. The van der Waals surface area contributed by atoms with Crippen LogP contribution in [-0.2, 0) is 0 Å². The molecule has 1 aromatic carbocycles. The lowest BCUT2D eigenvalue weighted by atomic mass is 10.2. The van der Waals surface area contributed by atoms with Gasteiger partial charge in [-0.3, -0.25) is 0 Å². The van der Waals surface area contributed by atoms with Gasteiger partial charge >= 0.3 is 0 Å². The molecule has 142 valence electrons. The zero-order chi connectivity index (χ0) is 19.0. The molecule has 0 amide bonds. The van der Waals surface area contributed by atoms with E-state index >= 15 is 0 Å². The molecule has 3 heterocycles. The van der Waals surface area contributed by atoms with Crippen molar-refractivity contribution in [2.75, 3.05) is 23.4 Å². The molecule has 1 fully saturated rings. The van der Waals surface area contributed by atoms with Crippen molar-refractivity contribution in [2.24, 2.45) is 0 Å². The van der Waals surface area contributed by atoms with E-state index in [0.717, 1.165) is 30.7 Å². The van der Waals surface area contributed by atoms with Gasteiger partial charge in [-0.2, -0.15) is 9.97 Å². The zero-order valence-corrected chi connectivity index (χ0v) is 16.2. The normalized spacial score (nSPS) is 17.2. The summed E-state index contributed by atoms with van der Waals surface area (Å²) in [6.45, 7) is 5.13. The van der Waals surface area contributed by atoms with Crippen molar-refractivity contribution in [3.63, 3.8) is 0 Å². The molecule has 0 spiro atoms. The molecule has 0 aliphatic carbocycles. The van der Waals surface area contributed by atoms with Crippen LogP contribution in [-0.4, -0.2) is 43.8 Å². The lowest BCUT2D eigenvalue weighted by molar-refractivity contribution is 0.265. The summed E-state index contributed by atoms with van der Waals surface area (Å²) < 4.78 is 2.04. The fraction of sp³-hybridized carbons (Fsp3) is 0.421. The van der Waals surface area contributed by atoms with Crippen LogP contribution < -0.4 is 10.2 Å². The molecule has 1 atom stereocenters. The van der Waals surface area contributed by atoms with E-state index in [1.54, 1.807) is 6.33 Å². The largest absolute Gasteiger partial charge is 0.394 e. The highest BCUT2D eigenvalue weighted by atomic mass is 35.5. The number of hydrogen-bond acceptors (Lipinski definition) is 6. The van der Waals surface area contributed by atoms with E-state index in [1.807, 2.05) is 28.8 Å². The second-order valence-electron chi connectivity index (χ2n) is 7.10. The van der Waals surface area contributed by atoms with Gasteiger partial charge in [-0.1, -0.05) is 17.7 Å². The van der Waals surface area contributed by atoms with Crippen LogP contribution in [0.2, 0.25) is 5.02 Å². The quantitative estimate of drug-likeness (QED) is 0.695. The van der Waals surface area contributed by atoms with Crippen LogP contribution in [0.25, 0.3) is 11.2 Å². The smallest absolute Gasteiger partial charge is 0.229 e.